The maximum atomic E-state index is 12.0. The van der Waals surface area contributed by atoms with Crippen LogP contribution in [0.4, 0.5) is 0 Å². The van der Waals surface area contributed by atoms with E-state index in [0.717, 1.165) is 43.9 Å². The molecule has 1 aromatic heterocycles. The molecule has 0 bridgehead atoms. The van der Waals surface area contributed by atoms with E-state index < -0.39 is 10.8 Å². The molecule has 0 amide bonds. The summed E-state index contributed by atoms with van der Waals surface area (Å²) in [5.41, 5.74) is 0. The number of nitrogens with zero attached hydrogens (tertiary/aromatic N) is 1. The highest BCUT2D eigenvalue weighted by Crippen LogP contribution is 2.23. The van der Waals surface area contributed by atoms with Crippen LogP contribution in [0.5, 0.6) is 0 Å². The van der Waals surface area contributed by atoms with Gasteiger partial charge in [-0.15, -0.1) is 11.3 Å². The average Bonchev–Trinajstić information content (AvgIpc) is 2.96. The van der Waals surface area contributed by atoms with Gasteiger partial charge < -0.3 is 10.6 Å². The Balaban J connectivity index is 1.83. The molecule has 1 aliphatic carbocycles. The molecule has 1 aliphatic rings. The van der Waals surface area contributed by atoms with Crippen LogP contribution in [-0.4, -0.2) is 34.3 Å². The van der Waals surface area contributed by atoms with Crippen molar-refractivity contribution in [1.29, 1.82) is 0 Å². The molecule has 4 nitrogen and oxygen atoms in total. The van der Waals surface area contributed by atoms with Crippen molar-refractivity contribution in [1.82, 2.24) is 10.6 Å². The van der Waals surface area contributed by atoms with Crippen LogP contribution in [0.1, 0.15) is 42.4 Å². The van der Waals surface area contributed by atoms with Crippen molar-refractivity contribution < 1.29 is 4.21 Å². The smallest absolute Gasteiger partial charge is 0.191 e. The molecule has 2 rings (SSSR count). The Morgan fingerprint density at radius 1 is 1.45 bits per heavy atom. The summed E-state index contributed by atoms with van der Waals surface area (Å²) in [6, 6.07) is 4.68. The third kappa shape index (κ3) is 5.09. The highest BCUT2D eigenvalue weighted by atomic mass is 32.2. The normalized spacial score (nSPS) is 24.0. The molecule has 2 N–H and O–H groups in total. The highest BCUT2D eigenvalue weighted by molar-refractivity contribution is 7.85. The fraction of sp³-hybridized carbons (Fsp3) is 0.688. The third-order valence-corrected chi connectivity index (χ3v) is 6.81. The molecule has 0 saturated heterocycles. The molecule has 124 valence electrons. The Labute approximate surface area is 140 Å². The van der Waals surface area contributed by atoms with E-state index in [9.17, 15) is 4.21 Å². The first-order valence-electron chi connectivity index (χ1n) is 8.02. The van der Waals surface area contributed by atoms with Crippen LogP contribution in [0.25, 0.3) is 0 Å². The molecule has 0 spiro atoms. The van der Waals surface area contributed by atoms with E-state index in [4.69, 9.17) is 0 Å². The van der Waals surface area contributed by atoms with Crippen molar-refractivity contribution in [2.45, 2.75) is 57.4 Å². The summed E-state index contributed by atoms with van der Waals surface area (Å²) in [6.45, 7) is 4.93. The first-order valence-corrected chi connectivity index (χ1v) is 10.2. The van der Waals surface area contributed by atoms with Gasteiger partial charge in [0.2, 0.25) is 0 Å². The average molecular weight is 342 g/mol. The van der Waals surface area contributed by atoms with E-state index in [2.05, 4.69) is 34.7 Å². The molecule has 3 atom stereocenters. The van der Waals surface area contributed by atoms with Gasteiger partial charge in [0.1, 0.15) is 0 Å². The van der Waals surface area contributed by atoms with Gasteiger partial charge >= 0.3 is 0 Å². The number of nitrogens with one attached hydrogen (secondary N) is 2. The van der Waals surface area contributed by atoms with Crippen molar-refractivity contribution in [3.8, 4) is 0 Å². The predicted molar refractivity (Wildman–Crippen MR) is 97.1 cm³/mol. The summed E-state index contributed by atoms with van der Waals surface area (Å²) < 4.78 is 12.0. The summed E-state index contributed by atoms with van der Waals surface area (Å²) in [4.78, 5) is 6.96. The first kappa shape index (κ1) is 17.5. The summed E-state index contributed by atoms with van der Waals surface area (Å²) in [7, 11) is 1.12. The van der Waals surface area contributed by atoms with E-state index in [-0.39, 0.29) is 0 Å². The second-order valence-electron chi connectivity index (χ2n) is 5.74. The number of rotatable bonds is 5. The highest BCUT2D eigenvalue weighted by Gasteiger charge is 2.25. The molecule has 22 heavy (non-hydrogen) atoms. The maximum absolute atomic E-state index is 12.0. The van der Waals surface area contributed by atoms with Gasteiger partial charge in [0.05, 0.1) is 6.54 Å². The van der Waals surface area contributed by atoms with Gasteiger partial charge in [-0.2, -0.15) is 0 Å². The number of hydrogen-bond acceptors (Lipinski definition) is 3. The van der Waals surface area contributed by atoms with E-state index in [0.29, 0.717) is 11.3 Å². The summed E-state index contributed by atoms with van der Waals surface area (Å²) in [5, 5.41) is 7.22. The van der Waals surface area contributed by atoms with Gasteiger partial charge in [-0.3, -0.25) is 9.20 Å². The molecule has 1 fully saturated rings. The van der Waals surface area contributed by atoms with Gasteiger partial charge in [0.25, 0.3) is 0 Å². The Morgan fingerprint density at radius 2 is 2.27 bits per heavy atom. The SMILES string of the molecule is CCS(=O)C1CCCC(NC(=NC)NCc2ccc(C)s2)C1. The van der Waals surface area contributed by atoms with E-state index in [1.165, 1.54) is 9.75 Å². The van der Waals surface area contributed by atoms with Crippen molar-refractivity contribution >= 4 is 28.1 Å². The Bertz CT molecular complexity index is 527. The standard InChI is InChI=1S/C16H27N3OS2/c1-4-22(20)15-7-5-6-13(10-15)19-16(17-3)18-11-14-9-8-12(2)21-14/h8-9,13,15H,4-7,10-11H2,1-3H3,(H2,17,18,19). The zero-order valence-electron chi connectivity index (χ0n) is 13.7. The monoisotopic (exact) mass is 341 g/mol. The Hall–Kier alpha value is -0.880. The van der Waals surface area contributed by atoms with Crippen molar-refractivity contribution in [2.75, 3.05) is 12.8 Å². The lowest BCUT2D eigenvalue weighted by molar-refractivity contribution is 0.413. The molecule has 3 unspecified atom stereocenters. The predicted octanol–water partition coefficient (Wildman–Crippen LogP) is 2.80. The molecule has 1 heterocycles. The third-order valence-electron chi connectivity index (χ3n) is 4.07. The van der Waals surface area contributed by atoms with E-state index in [1.807, 2.05) is 18.3 Å². The molecular weight excluding hydrogens is 314 g/mol. The minimum Gasteiger partial charge on any atom is -0.354 e. The van der Waals surface area contributed by atoms with Crippen LogP contribution in [0.3, 0.4) is 0 Å². The topological polar surface area (TPSA) is 53.5 Å². The van der Waals surface area contributed by atoms with Crippen molar-refractivity contribution in [2.24, 2.45) is 4.99 Å². The van der Waals surface area contributed by atoms with Crippen molar-refractivity contribution in [3.63, 3.8) is 0 Å². The van der Waals surface area contributed by atoms with Gasteiger partial charge in [-0.1, -0.05) is 13.3 Å². The van der Waals surface area contributed by atoms with Crippen LogP contribution in [0.2, 0.25) is 0 Å². The molecule has 1 aromatic rings. The number of hydrogen-bond donors (Lipinski definition) is 2. The second kappa shape index (κ2) is 8.67. The van der Waals surface area contributed by atoms with Gasteiger partial charge in [0.15, 0.2) is 5.96 Å². The molecule has 0 aromatic carbocycles. The largest absolute Gasteiger partial charge is 0.354 e. The molecule has 1 saturated carbocycles. The minimum absolute atomic E-state index is 0.342. The fourth-order valence-corrected chi connectivity index (χ4v) is 5.07. The lowest BCUT2D eigenvalue weighted by Gasteiger charge is -2.30. The molecule has 6 heteroatoms. The van der Waals surface area contributed by atoms with Crippen LogP contribution >= 0.6 is 11.3 Å². The molecule has 0 aliphatic heterocycles. The molecular formula is C16H27N3OS2. The number of aryl methyl sites for hydroxylation is 1. The van der Waals surface area contributed by atoms with Crippen molar-refractivity contribution in [3.05, 3.63) is 21.9 Å². The van der Waals surface area contributed by atoms with E-state index >= 15 is 0 Å². The lowest BCUT2D eigenvalue weighted by Crippen LogP contribution is -2.46. The van der Waals surface area contributed by atoms with Gasteiger partial charge in [-0.25, -0.2) is 0 Å². The zero-order valence-corrected chi connectivity index (χ0v) is 15.4. The second-order valence-corrected chi connectivity index (χ2v) is 9.12. The Kier molecular flexibility index (Phi) is 6.89. The van der Waals surface area contributed by atoms with Crippen LogP contribution in [-0.2, 0) is 17.3 Å². The minimum atomic E-state index is -0.680. The molecule has 0 radical (unpaired) electrons. The maximum Gasteiger partial charge on any atom is 0.191 e. The zero-order chi connectivity index (χ0) is 15.9. The number of aliphatic imine (C=N–C) groups is 1. The van der Waals surface area contributed by atoms with Gasteiger partial charge in [0, 0.05) is 44.6 Å². The fourth-order valence-electron chi connectivity index (χ4n) is 2.89. The summed E-state index contributed by atoms with van der Waals surface area (Å²) in [6.07, 6.45) is 4.36. The summed E-state index contributed by atoms with van der Waals surface area (Å²) in [5.74, 6) is 1.61. The van der Waals surface area contributed by atoms with E-state index in [1.54, 1.807) is 7.05 Å². The quantitative estimate of drug-likeness (QED) is 0.640. The van der Waals surface area contributed by atoms with Crippen LogP contribution in [0.15, 0.2) is 17.1 Å². The van der Waals surface area contributed by atoms with Crippen LogP contribution in [0, 0.1) is 6.92 Å². The first-order chi connectivity index (χ1) is 10.6. The number of guanidine groups is 1. The Morgan fingerprint density at radius 3 is 2.91 bits per heavy atom. The lowest BCUT2D eigenvalue weighted by atomic mass is 9.95. The number of thiophene rings is 1. The van der Waals surface area contributed by atoms with Gasteiger partial charge in [-0.05, 0) is 38.3 Å². The summed E-state index contributed by atoms with van der Waals surface area (Å²) >= 11 is 1.81. The van der Waals surface area contributed by atoms with Crippen LogP contribution < -0.4 is 10.6 Å².